The van der Waals surface area contributed by atoms with Crippen LogP contribution in [0.4, 0.5) is 0 Å². The van der Waals surface area contributed by atoms with E-state index in [4.69, 9.17) is 0 Å². The average Bonchev–Trinajstić information content (AvgIpc) is 3.19. The van der Waals surface area contributed by atoms with E-state index in [-0.39, 0.29) is 21.7 Å². The molecule has 0 heterocycles. The molecule has 11 rings (SSSR count). The molecule has 2 aromatic rings. The quantitative estimate of drug-likeness (QED) is 0.223. The van der Waals surface area contributed by atoms with E-state index in [9.17, 15) is 10.2 Å². The molecular formula is C58H88O2S2. The number of thioether (sulfide) groups is 2. The van der Waals surface area contributed by atoms with Gasteiger partial charge in [-0.05, 0) is 145 Å². The first-order valence-electron chi connectivity index (χ1n) is 26.2. The molecule has 0 aliphatic heterocycles. The van der Waals surface area contributed by atoms with Crippen LogP contribution in [0.3, 0.4) is 0 Å². The Hall–Kier alpha value is -1.26. The normalized spacial score (nSPS) is 39.0. The van der Waals surface area contributed by atoms with Crippen molar-refractivity contribution in [2.45, 2.75) is 254 Å². The summed E-state index contributed by atoms with van der Waals surface area (Å²) in [6, 6.07) is 9.82. The SMILES string of the molecule is CCC12CC3CC(CC)(C1)CC(c1cc(C(C)(C)C)cc(CSC4CCCCCCC4SCc4cc(C(C)(C)C)cc(C56CC7CC(CC)(CC(CC)(C7)C5)C6)c4O)c1O)(C3)C2. The molecule has 0 radical (unpaired) electrons. The van der Waals surface area contributed by atoms with E-state index in [0.717, 1.165) is 23.3 Å². The highest BCUT2D eigenvalue weighted by atomic mass is 32.2. The molecule has 8 bridgehead atoms. The first kappa shape index (κ1) is 45.9. The van der Waals surface area contributed by atoms with Crippen LogP contribution in [0.25, 0.3) is 0 Å². The van der Waals surface area contributed by atoms with Crippen molar-refractivity contribution in [1.82, 2.24) is 0 Å². The number of benzene rings is 2. The van der Waals surface area contributed by atoms with Crippen LogP contribution in [0, 0.1) is 33.5 Å². The molecule has 9 fully saturated rings. The Bertz CT molecular complexity index is 1800. The van der Waals surface area contributed by atoms with Gasteiger partial charge >= 0.3 is 0 Å². The zero-order chi connectivity index (χ0) is 44.1. The van der Waals surface area contributed by atoms with E-state index in [1.54, 1.807) is 0 Å². The van der Waals surface area contributed by atoms with Crippen LogP contribution in [0.1, 0.15) is 244 Å². The minimum Gasteiger partial charge on any atom is -0.507 e. The summed E-state index contributed by atoms with van der Waals surface area (Å²) >= 11 is 4.31. The zero-order valence-electron chi connectivity index (χ0n) is 41.3. The third kappa shape index (κ3) is 8.07. The lowest BCUT2D eigenvalue weighted by Gasteiger charge is -2.67. The highest BCUT2D eigenvalue weighted by molar-refractivity contribution is 8.03. The third-order valence-electron chi connectivity index (χ3n) is 19.9. The van der Waals surface area contributed by atoms with Crippen molar-refractivity contribution in [1.29, 1.82) is 0 Å². The third-order valence-corrected chi connectivity index (χ3v) is 23.0. The van der Waals surface area contributed by atoms with Crippen LogP contribution < -0.4 is 0 Å². The molecule has 0 spiro atoms. The van der Waals surface area contributed by atoms with Gasteiger partial charge in [0.05, 0.1) is 0 Å². The molecule has 6 atom stereocenters. The van der Waals surface area contributed by atoms with Crippen LogP contribution in [-0.2, 0) is 33.2 Å². The summed E-state index contributed by atoms with van der Waals surface area (Å²) in [5.74, 6) is 4.69. The first-order valence-corrected chi connectivity index (χ1v) is 28.3. The predicted molar refractivity (Wildman–Crippen MR) is 268 cm³/mol. The number of hydrogen-bond acceptors (Lipinski definition) is 4. The van der Waals surface area contributed by atoms with E-state index in [0.29, 0.717) is 43.7 Å². The van der Waals surface area contributed by atoms with Gasteiger partial charge in [0.2, 0.25) is 0 Å². The van der Waals surface area contributed by atoms with Gasteiger partial charge in [-0.1, -0.05) is 145 Å². The van der Waals surface area contributed by atoms with Crippen molar-refractivity contribution in [3.8, 4) is 11.5 Å². The van der Waals surface area contributed by atoms with E-state index in [1.165, 1.54) is 175 Å². The van der Waals surface area contributed by atoms with Crippen molar-refractivity contribution >= 4 is 23.5 Å². The van der Waals surface area contributed by atoms with Gasteiger partial charge in [-0.3, -0.25) is 0 Å². The Morgan fingerprint density at radius 3 is 1.13 bits per heavy atom. The van der Waals surface area contributed by atoms with Crippen LogP contribution >= 0.6 is 23.5 Å². The fraction of sp³-hybridized carbons (Fsp3) is 0.793. The van der Waals surface area contributed by atoms with Gasteiger partial charge in [-0.25, -0.2) is 0 Å². The number of phenolic OH excluding ortho intramolecular Hbond substituents is 2. The van der Waals surface area contributed by atoms with Crippen LogP contribution in [-0.4, -0.2) is 20.7 Å². The summed E-state index contributed by atoms with van der Waals surface area (Å²) in [6.45, 7) is 24.1. The molecule has 62 heavy (non-hydrogen) atoms. The van der Waals surface area contributed by atoms with Crippen molar-refractivity contribution in [3.63, 3.8) is 0 Å². The fourth-order valence-corrected chi connectivity index (χ4v) is 20.4. The molecular weight excluding hydrogens is 793 g/mol. The van der Waals surface area contributed by atoms with Gasteiger partial charge in [0.25, 0.3) is 0 Å². The summed E-state index contributed by atoms with van der Waals surface area (Å²) in [4.78, 5) is 0. The lowest BCUT2D eigenvalue weighted by molar-refractivity contribution is -0.130. The molecule has 9 saturated carbocycles. The number of hydrogen-bond donors (Lipinski definition) is 2. The van der Waals surface area contributed by atoms with E-state index in [2.05, 4.69) is 117 Å². The van der Waals surface area contributed by atoms with Gasteiger partial charge in [0.15, 0.2) is 0 Å². The summed E-state index contributed by atoms with van der Waals surface area (Å²) in [7, 11) is 0. The van der Waals surface area contributed by atoms with Crippen molar-refractivity contribution in [2.24, 2.45) is 33.5 Å². The molecule has 0 saturated heterocycles. The first-order chi connectivity index (χ1) is 29.2. The predicted octanol–water partition coefficient (Wildman–Crippen LogP) is 17.0. The maximum absolute atomic E-state index is 12.7. The van der Waals surface area contributed by atoms with Crippen LogP contribution in [0.15, 0.2) is 24.3 Å². The maximum Gasteiger partial charge on any atom is 0.123 e. The summed E-state index contributed by atoms with van der Waals surface area (Å²) in [6.07, 6.45) is 29.0. The summed E-state index contributed by atoms with van der Waals surface area (Å²) in [5, 5.41) is 26.4. The van der Waals surface area contributed by atoms with E-state index in [1.807, 2.05) is 0 Å². The lowest BCUT2D eigenvalue weighted by atomic mass is 9.37. The summed E-state index contributed by atoms with van der Waals surface area (Å²) < 4.78 is 0. The van der Waals surface area contributed by atoms with Crippen molar-refractivity contribution in [2.75, 3.05) is 0 Å². The molecule has 344 valence electrons. The number of rotatable bonds is 12. The highest BCUT2D eigenvalue weighted by Crippen LogP contribution is 2.74. The van der Waals surface area contributed by atoms with Gasteiger partial charge in [-0.15, -0.1) is 0 Å². The van der Waals surface area contributed by atoms with Gasteiger partial charge in [-0.2, -0.15) is 23.5 Å². The second-order valence-electron chi connectivity index (χ2n) is 26.2. The van der Waals surface area contributed by atoms with Gasteiger partial charge in [0.1, 0.15) is 11.5 Å². The topological polar surface area (TPSA) is 40.5 Å². The Labute approximate surface area is 388 Å². The standard InChI is InChI=1S/C58H88O2S2/c1-11-53-25-39-26-54(12-2,33-53)36-57(29-39,35-53)45-23-43(51(5,6)7)21-41(49(45)59)31-61-47-19-17-15-16-18-20-48(47)62-32-42-22-44(52(8,9)10)24-46(50(42)60)58-30-40-27-55(13-3,37-58)34-56(14-4,28-40)38-58/h21-24,39-40,47-48,59-60H,11-20,25-38H2,1-10H3. The van der Waals surface area contributed by atoms with Crippen molar-refractivity contribution < 1.29 is 10.2 Å². The second kappa shape index (κ2) is 16.2. The molecule has 4 heteroatoms. The minimum atomic E-state index is 0.0283. The Morgan fingerprint density at radius 2 is 0.823 bits per heavy atom. The molecule has 9 aliphatic carbocycles. The molecule has 6 unspecified atom stereocenters. The molecule has 2 aromatic carbocycles. The lowest BCUT2D eigenvalue weighted by Crippen LogP contribution is -2.58. The van der Waals surface area contributed by atoms with E-state index >= 15 is 0 Å². The largest absolute Gasteiger partial charge is 0.507 e. The van der Waals surface area contributed by atoms with Gasteiger partial charge < -0.3 is 10.2 Å². The van der Waals surface area contributed by atoms with Crippen LogP contribution in [0.2, 0.25) is 0 Å². The molecule has 0 aromatic heterocycles. The highest BCUT2D eigenvalue weighted by Gasteiger charge is 2.64. The number of aromatic hydroxyl groups is 2. The Morgan fingerprint density at radius 1 is 0.484 bits per heavy atom. The minimum absolute atomic E-state index is 0.0283. The Kier molecular flexibility index (Phi) is 12.0. The van der Waals surface area contributed by atoms with Gasteiger partial charge in [0, 0.05) is 55.1 Å². The molecule has 2 nitrogen and oxygen atoms in total. The second-order valence-corrected chi connectivity index (χ2v) is 28.7. The number of phenols is 2. The maximum atomic E-state index is 12.7. The van der Waals surface area contributed by atoms with Crippen LogP contribution in [0.5, 0.6) is 11.5 Å². The molecule has 2 N–H and O–H groups in total. The molecule has 9 aliphatic rings. The van der Waals surface area contributed by atoms with E-state index < -0.39 is 0 Å². The fourth-order valence-electron chi connectivity index (χ4n) is 17.3. The van der Waals surface area contributed by atoms with Crippen molar-refractivity contribution in [3.05, 3.63) is 57.6 Å². The summed E-state index contributed by atoms with van der Waals surface area (Å²) in [5.41, 5.74) is 9.93. The monoisotopic (exact) mass is 881 g/mol. The Balaban J connectivity index is 1.01. The molecule has 0 amide bonds. The average molecular weight is 881 g/mol. The zero-order valence-corrected chi connectivity index (χ0v) is 42.9. The smallest absolute Gasteiger partial charge is 0.123 e.